The van der Waals surface area contributed by atoms with E-state index >= 15 is 0 Å². The lowest BCUT2D eigenvalue weighted by Crippen LogP contribution is -2.35. The first kappa shape index (κ1) is 16.0. The van der Waals surface area contributed by atoms with Gasteiger partial charge in [0.05, 0.1) is 18.3 Å². The SMILES string of the molecule is Cn1cc(C(Nc2ccnc3c(F)cc(F)cc23)C2CC(O)C2)cn1. The maximum absolute atomic E-state index is 14.0. The van der Waals surface area contributed by atoms with Gasteiger partial charge in [-0.3, -0.25) is 9.67 Å². The number of nitrogens with one attached hydrogen (secondary N) is 1. The van der Waals surface area contributed by atoms with E-state index in [1.54, 1.807) is 16.9 Å². The number of benzene rings is 1. The molecule has 4 rings (SSSR count). The molecule has 0 amide bonds. The lowest BCUT2D eigenvalue weighted by atomic mass is 9.75. The van der Waals surface area contributed by atoms with Crippen LogP contribution in [0.5, 0.6) is 0 Å². The number of aliphatic hydroxyl groups excluding tert-OH is 1. The van der Waals surface area contributed by atoms with Crippen molar-refractivity contribution in [3.05, 3.63) is 54.0 Å². The molecule has 1 saturated carbocycles. The summed E-state index contributed by atoms with van der Waals surface area (Å²) in [7, 11) is 1.84. The van der Waals surface area contributed by atoms with Gasteiger partial charge in [-0.25, -0.2) is 8.78 Å². The second-order valence-corrected chi connectivity index (χ2v) is 6.60. The highest BCUT2D eigenvalue weighted by Gasteiger charge is 2.35. The van der Waals surface area contributed by atoms with E-state index < -0.39 is 11.6 Å². The maximum Gasteiger partial charge on any atom is 0.152 e. The van der Waals surface area contributed by atoms with Gasteiger partial charge in [-0.15, -0.1) is 0 Å². The molecule has 3 aromatic rings. The third-order valence-electron chi connectivity index (χ3n) is 4.78. The summed E-state index contributed by atoms with van der Waals surface area (Å²) in [5.74, 6) is -1.10. The predicted octanol–water partition coefficient (Wildman–Crippen LogP) is 3.17. The van der Waals surface area contributed by atoms with E-state index in [9.17, 15) is 13.9 Å². The summed E-state index contributed by atoms with van der Waals surface area (Å²) in [6.45, 7) is 0. The lowest BCUT2D eigenvalue weighted by Gasteiger charge is -2.38. The Bertz CT molecular complexity index is 921. The Labute approximate surface area is 143 Å². The van der Waals surface area contributed by atoms with Gasteiger partial charge >= 0.3 is 0 Å². The van der Waals surface area contributed by atoms with Gasteiger partial charge in [-0.05, 0) is 30.9 Å². The number of nitrogens with zero attached hydrogens (tertiary/aromatic N) is 3. The van der Waals surface area contributed by atoms with Gasteiger partial charge in [0.1, 0.15) is 11.3 Å². The van der Waals surface area contributed by atoms with E-state index in [2.05, 4.69) is 15.4 Å². The minimum absolute atomic E-state index is 0.103. The number of hydrogen-bond acceptors (Lipinski definition) is 4. The van der Waals surface area contributed by atoms with Crippen molar-refractivity contribution in [2.75, 3.05) is 5.32 Å². The second-order valence-electron chi connectivity index (χ2n) is 6.60. The van der Waals surface area contributed by atoms with E-state index in [0.29, 0.717) is 23.9 Å². The molecule has 0 aliphatic heterocycles. The number of pyridine rings is 1. The summed E-state index contributed by atoms with van der Waals surface area (Å²) >= 11 is 0. The van der Waals surface area contributed by atoms with Gasteiger partial charge in [-0.2, -0.15) is 5.10 Å². The minimum Gasteiger partial charge on any atom is -0.393 e. The summed E-state index contributed by atoms with van der Waals surface area (Å²) in [6.07, 6.45) is 6.24. The third-order valence-corrected chi connectivity index (χ3v) is 4.78. The summed E-state index contributed by atoms with van der Waals surface area (Å²) in [5.41, 5.74) is 1.71. The molecule has 2 N–H and O–H groups in total. The normalized spacial score (nSPS) is 21.1. The molecule has 2 heterocycles. The largest absolute Gasteiger partial charge is 0.393 e. The summed E-state index contributed by atoms with van der Waals surface area (Å²) in [5, 5.41) is 17.7. The Kier molecular flexibility index (Phi) is 3.88. The quantitative estimate of drug-likeness (QED) is 0.763. The second kappa shape index (κ2) is 6.07. The highest BCUT2D eigenvalue weighted by Crippen LogP contribution is 2.41. The fourth-order valence-electron chi connectivity index (χ4n) is 3.45. The lowest BCUT2D eigenvalue weighted by molar-refractivity contribution is 0.0340. The van der Waals surface area contributed by atoms with Crippen molar-refractivity contribution in [1.82, 2.24) is 14.8 Å². The molecule has 1 aliphatic rings. The van der Waals surface area contributed by atoms with E-state index in [4.69, 9.17) is 0 Å². The molecule has 1 aromatic carbocycles. The number of anilines is 1. The van der Waals surface area contributed by atoms with E-state index in [0.717, 1.165) is 11.6 Å². The molecule has 2 aromatic heterocycles. The molecular formula is C18H18F2N4O. The molecule has 0 radical (unpaired) electrons. The van der Waals surface area contributed by atoms with Crippen LogP contribution in [-0.4, -0.2) is 26.0 Å². The Hall–Kier alpha value is -2.54. The van der Waals surface area contributed by atoms with Crippen LogP contribution >= 0.6 is 0 Å². The molecule has 0 saturated heterocycles. The van der Waals surface area contributed by atoms with Crippen molar-refractivity contribution in [3.8, 4) is 0 Å². The molecule has 0 spiro atoms. The van der Waals surface area contributed by atoms with E-state index in [-0.39, 0.29) is 23.6 Å². The van der Waals surface area contributed by atoms with Crippen LogP contribution in [0, 0.1) is 17.6 Å². The maximum atomic E-state index is 14.0. The van der Waals surface area contributed by atoms with Gasteiger partial charge in [0.15, 0.2) is 5.82 Å². The monoisotopic (exact) mass is 344 g/mol. The summed E-state index contributed by atoms with van der Waals surface area (Å²) < 4.78 is 29.4. The van der Waals surface area contributed by atoms with Crippen LogP contribution in [0.4, 0.5) is 14.5 Å². The smallest absolute Gasteiger partial charge is 0.152 e. The molecule has 130 valence electrons. The van der Waals surface area contributed by atoms with Crippen molar-refractivity contribution < 1.29 is 13.9 Å². The molecule has 1 unspecified atom stereocenters. The Morgan fingerprint density at radius 2 is 2.12 bits per heavy atom. The van der Waals surface area contributed by atoms with Crippen LogP contribution in [0.2, 0.25) is 0 Å². The van der Waals surface area contributed by atoms with Crippen LogP contribution in [0.15, 0.2) is 36.8 Å². The fraction of sp³-hybridized carbons (Fsp3) is 0.333. The molecule has 7 heteroatoms. The molecule has 5 nitrogen and oxygen atoms in total. The molecule has 1 aliphatic carbocycles. The number of fused-ring (bicyclic) bond motifs is 1. The van der Waals surface area contributed by atoms with Crippen molar-refractivity contribution >= 4 is 16.6 Å². The number of halogens is 2. The van der Waals surface area contributed by atoms with Crippen LogP contribution in [0.25, 0.3) is 10.9 Å². The molecule has 0 bridgehead atoms. The average molecular weight is 344 g/mol. The highest BCUT2D eigenvalue weighted by atomic mass is 19.1. The Morgan fingerprint density at radius 3 is 2.80 bits per heavy atom. The fourth-order valence-corrected chi connectivity index (χ4v) is 3.45. The summed E-state index contributed by atoms with van der Waals surface area (Å²) in [4.78, 5) is 4.02. The molecule has 25 heavy (non-hydrogen) atoms. The van der Waals surface area contributed by atoms with Crippen LogP contribution in [0.3, 0.4) is 0 Å². The first-order valence-electron chi connectivity index (χ1n) is 8.18. The number of rotatable bonds is 4. The van der Waals surface area contributed by atoms with Crippen molar-refractivity contribution in [1.29, 1.82) is 0 Å². The standard InChI is InChI=1S/C18H18F2N4O/c1-24-9-11(8-22-24)17(10-4-13(25)5-10)23-16-2-3-21-18-14(16)6-12(19)7-15(18)20/h2-3,6-10,13,17,25H,4-5H2,1H3,(H,21,23). The molecule has 1 atom stereocenters. The Balaban J connectivity index is 1.74. The third kappa shape index (κ3) is 2.95. The van der Waals surface area contributed by atoms with Crippen LogP contribution < -0.4 is 5.32 Å². The molecule has 1 fully saturated rings. The van der Waals surface area contributed by atoms with Gasteiger partial charge in [-0.1, -0.05) is 0 Å². The Morgan fingerprint density at radius 1 is 1.32 bits per heavy atom. The van der Waals surface area contributed by atoms with Crippen molar-refractivity contribution in [3.63, 3.8) is 0 Å². The van der Waals surface area contributed by atoms with Gasteiger partial charge in [0.25, 0.3) is 0 Å². The zero-order chi connectivity index (χ0) is 17.6. The number of aliphatic hydroxyl groups is 1. The van der Waals surface area contributed by atoms with E-state index in [1.165, 1.54) is 12.3 Å². The average Bonchev–Trinajstić information content (AvgIpc) is 2.96. The first-order chi connectivity index (χ1) is 12.0. The zero-order valence-electron chi connectivity index (χ0n) is 13.7. The number of aromatic nitrogens is 3. The van der Waals surface area contributed by atoms with Gasteiger partial charge < -0.3 is 10.4 Å². The number of aryl methyl sites for hydroxylation is 1. The predicted molar refractivity (Wildman–Crippen MR) is 90.0 cm³/mol. The van der Waals surface area contributed by atoms with Gasteiger partial charge in [0, 0.05) is 42.1 Å². The topological polar surface area (TPSA) is 63.0 Å². The minimum atomic E-state index is -0.685. The first-order valence-corrected chi connectivity index (χ1v) is 8.18. The number of hydrogen-bond donors (Lipinski definition) is 2. The van der Waals surface area contributed by atoms with Crippen LogP contribution in [-0.2, 0) is 7.05 Å². The summed E-state index contributed by atoms with van der Waals surface area (Å²) in [6, 6.07) is 3.72. The zero-order valence-corrected chi connectivity index (χ0v) is 13.7. The van der Waals surface area contributed by atoms with Crippen LogP contribution in [0.1, 0.15) is 24.4 Å². The molecular weight excluding hydrogens is 326 g/mol. The van der Waals surface area contributed by atoms with Crippen molar-refractivity contribution in [2.24, 2.45) is 13.0 Å². The highest BCUT2D eigenvalue weighted by molar-refractivity contribution is 5.91. The van der Waals surface area contributed by atoms with Crippen molar-refractivity contribution in [2.45, 2.75) is 25.0 Å². The van der Waals surface area contributed by atoms with E-state index in [1.807, 2.05) is 13.2 Å². The van der Waals surface area contributed by atoms with Gasteiger partial charge in [0.2, 0.25) is 0 Å².